The monoisotopic (exact) mass is 391 g/mol. The van der Waals surface area contributed by atoms with Gasteiger partial charge >= 0.3 is 5.97 Å². The van der Waals surface area contributed by atoms with E-state index in [1.54, 1.807) is 25.1 Å². The molecule has 0 aliphatic rings. The molecule has 1 rings (SSSR count). The molecule has 6 nitrogen and oxygen atoms in total. The van der Waals surface area contributed by atoms with Crippen LogP contribution in [0.4, 0.5) is 5.69 Å². The van der Waals surface area contributed by atoms with Gasteiger partial charge in [0.25, 0.3) is 5.91 Å². The van der Waals surface area contributed by atoms with E-state index in [4.69, 9.17) is 9.84 Å². The van der Waals surface area contributed by atoms with Gasteiger partial charge in [0.1, 0.15) is 6.10 Å². The van der Waals surface area contributed by atoms with E-state index < -0.39 is 30.5 Å². The Morgan fingerprint density at radius 2 is 2.11 bits per heavy atom. The predicted molar refractivity (Wildman–Crippen MR) is 109 cm³/mol. The van der Waals surface area contributed by atoms with E-state index >= 15 is 0 Å². The molecule has 2 atom stereocenters. The molecule has 0 radical (unpaired) electrons. The van der Waals surface area contributed by atoms with Gasteiger partial charge in [-0.3, -0.25) is 9.59 Å². The first-order valence-corrected chi connectivity index (χ1v) is 9.14. The van der Waals surface area contributed by atoms with Crippen molar-refractivity contribution in [1.29, 1.82) is 0 Å². The number of hydrogen-bond donors (Lipinski definition) is 3. The smallest absolute Gasteiger partial charge is 0.306 e. The van der Waals surface area contributed by atoms with Gasteiger partial charge in [-0.1, -0.05) is 36.5 Å². The van der Waals surface area contributed by atoms with Gasteiger partial charge in [0.05, 0.1) is 12.5 Å². The number of amides is 1. The van der Waals surface area contributed by atoms with Crippen molar-refractivity contribution >= 4 is 35.4 Å². The largest absolute Gasteiger partial charge is 0.481 e. The number of methoxy groups -OCH3 is 1. The zero-order valence-corrected chi connectivity index (χ0v) is 16.5. The molecule has 0 heterocycles. The molecule has 0 fully saturated rings. The highest BCUT2D eigenvalue weighted by molar-refractivity contribution is 8.06. The molecule has 1 aromatic carbocycles. The van der Waals surface area contributed by atoms with Gasteiger partial charge in [-0.2, -0.15) is 0 Å². The molecule has 0 saturated carbocycles. The summed E-state index contributed by atoms with van der Waals surface area (Å²) in [5, 5.41) is 22.8. The van der Waals surface area contributed by atoms with Crippen molar-refractivity contribution in [1.82, 2.24) is 0 Å². The summed E-state index contributed by atoms with van der Waals surface area (Å²) in [6.45, 7) is 7.49. The number of carbonyl (C=O) groups excluding carboxylic acids is 1. The Morgan fingerprint density at radius 1 is 1.41 bits per heavy atom. The Balaban J connectivity index is 2.73. The van der Waals surface area contributed by atoms with E-state index in [0.29, 0.717) is 5.69 Å². The zero-order valence-electron chi connectivity index (χ0n) is 15.6. The van der Waals surface area contributed by atoms with E-state index in [0.717, 1.165) is 16.0 Å². The highest BCUT2D eigenvalue weighted by Gasteiger charge is 2.21. The molecule has 27 heavy (non-hydrogen) atoms. The van der Waals surface area contributed by atoms with E-state index in [1.165, 1.54) is 18.9 Å². The Kier molecular flexibility index (Phi) is 9.56. The minimum atomic E-state index is -1.11. The SMILES string of the molecule is C=C(/C=C/c1cccc(NC(=O)[C@@H](CC(=O)O)OC)c1)S/C=C(\C)C(C)O. The second kappa shape index (κ2) is 11.4. The number of nitrogens with one attached hydrogen (secondary N) is 1. The first-order valence-electron chi connectivity index (χ1n) is 8.26. The van der Waals surface area contributed by atoms with Crippen molar-refractivity contribution in [2.75, 3.05) is 12.4 Å². The standard InChI is InChI=1S/C20H25NO5S/c1-13(15(3)22)12-27-14(2)8-9-16-6-5-7-17(10-16)21-20(25)18(26-4)11-19(23)24/h5-10,12,15,18,22H,2,11H2,1,3-4H3,(H,21,25)(H,23,24)/b9-8+,13-12+/t15?,18-/m1/s1. The third kappa shape index (κ3) is 8.72. The summed E-state index contributed by atoms with van der Waals surface area (Å²) in [5.41, 5.74) is 2.24. The fourth-order valence-electron chi connectivity index (χ4n) is 1.88. The summed E-state index contributed by atoms with van der Waals surface area (Å²) in [6.07, 6.45) is 1.73. The Hall–Kier alpha value is -2.35. The van der Waals surface area contributed by atoms with Crippen LogP contribution in [0.25, 0.3) is 6.08 Å². The van der Waals surface area contributed by atoms with Gasteiger partial charge in [-0.15, -0.1) is 0 Å². The van der Waals surface area contributed by atoms with Crippen LogP contribution in [0.3, 0.4) is 0 Å². The topological polar surface area (TPSA) is 95.9 Å². The minimum Gasteiger partial charge on any atom is -0.481 e. The maximum Gasteiger partial charge on any atom is 0.306 e. The van der Waals surface area contributed by atoms with Crippen LogP contribution in [-0.2, 0) is 14.3 Å². The number of ether oxygens (including phenoxy) is 1. The molecular formula is C20H25NO5S. The molecule has 0 spiro atoms. The molecule has 0 aliphatic carbocycles. The van der Waals surface area contributed by atoms with E-state index in [-0.39, 0.29) is 0 Å². The lowest BCUT2D eigenvalue weighted by atomic mass is 10.1. The number of thioether (sulfide) groups is 1. The first kappa shape index (κ1) is 22.7. The van der Waals surface area contributed by atoms with Crippen molar-refractivity contribution in [3.05, 3.63) is 58.4 Å². The van der Waals surface area contributed by atoms with Gasteiger partial charge in [0.2, 0.25) is 0 Å². The molecule has 1 unspecified atom stereocenters. The Morgan fingerprint density at radius 3 is 2.70 bits per heavy atom. The molecule has 0 aliphatic heterocycles. The fraction of sp³-hybridized carbons (Fsp3) is 0.300. The van der Waals surface area contributed by atoms with Crippen LogP contribution >= 0.6 is 11.8 Å². The molecule has 0 bridgehead atoms. The highest BCUT2D eigenvalue weighted by atomic mass is 32.2. The lowest BCUT2D eigenvalue weighted by molar-refractivity contribution is -0.143. The second-order valence-corrected chi connectivity index (χ2v) is 6.89. The van der Waals surface area contributed by atoms with Crippen molar-refractivity contribution in [2.24, 2.45) is 0 Å². The minimum absolute atomic E-state index is 0.404. The summed E-state index contributed by atoms with van der Waals surface area (Å²) >= 11 is 1.41. The van der Waals surface area contributed by atoms with Crippen LogP contribution in [0.15, 0.2) is 52.8 Å². The molecule has 3 N–H and O–H groups in total. The van der Waals surface area contributed by atoms with E-state index in [9.17, 15) is 14.7 Å². The number of carboxylic acids is 1. The third-order valence-electron chi connectivity index (χ3n) is 3.61. The highest BCUT2D eigenvalue weighted by Crippen LogP contribution is 2.21. The average molecular weight is 391 g/mol. The fourth-order valence-corrected chi connectivity index (χ4v) is 2.56. The van der Waals surface area contributed by atoms with Crippen LogP contribution in [0.1, 0.15) is 25.8 Å². The number of hydrogen-bond acceptors (Lipinski definition) is 5. The van der Waals surface area contributed by atoms with E-state index in [1.807, 2.05) is 30.6 Å². The molecule has 1 amide bonds. The zero-order chi connectivity index (χ0) is 20.4. The van der Waals surface area contributed by atoms with Crippen LogP contribution in [0.2, 0.25) is 0 Å². The number of allylic oxidation sites excluding steroid dienone is 1. The van der Waals surface area contributed by atoms with Gasteiger partial charge in [-0.25, -0.2) is 0 Å². The van der Waals surface area contributed by atoms with Gasteiger partial charge in [0, 0.05) is 17.7 Å². The van der Waals surface area contributed by atoms with Crippen molar-refractivity contribution in [3.8, 4) is 0 Å². The summed E-state index contributed by atoms with van der Waals surface area (Å²) in [7, 11) is 1.29. The second-order valence-electron chi connectivity index (χ2n) is 5.89. The number of rotatable bonds is 10. The van der Waals surface area contributed by atoms with Crippen LogP contribution in [0.5, 0.6) is 0 Å². The molecule has 0 saturated heterocycles. The quantitative estimate of drug-likeness (QED) is 0.527. The van der Waals surface area contributed by atoms with Crippen LogP contribution < -0.4 is 5.32 Å². The number of benzene rings is 1. The number of carboxylic acid groups (broad SMARTS) is 1. The van der Waals surface area contributed by atoms with Crippen LogP contribution in [-0.4, -0.2) is 41.4 Å². The lowest BCUT2D eigenvalue weighted by Crippen LogP contribution is -2.31. The summed E-state index contributed by atoms with van der Waals surface area (Å²) in [5.74, 6) is -1.62. The van der Waals surface area contributed by atoms with Crippen LogP contribution in [0, 0.1) is 0 Å². The van der Waals surface area contributed by atoms with Crippen molar-refractivity contribution in [3.63, 3.8) is 0 Å². The van der Waals surface area contributed by atoms with Gasteiger partial charge < -0.3 is 20.3 Å². The van der Waals surface area contributed by atoms with Crippen molar-refractivity contribution in [2.45, 2.75) is 32.5 Å². The maximum atomic E-state index is 12.1. The predicted octanol–water partition coefficient (Wildman–Crippen LogP) is 3.66. The third-order valence-corrected chi connectivity index (χ3v) is 4.54. The number of aliphatic hydroxyl groups is 1. The Bertz CT molecular complexity index is 740. The first-order chi connectivity index (χ1) is 12.7. The number of aliphatic hydroxyl groups excluding tert-OH is 1. The maximum absolute atomic E-state index is 12.1. The number of anilines is 1. The van der Waals surface area contributed by atoms with Gasteiger partial charge in [-0.05, 0) is 48.6 Å². The summed E-state index contributed by atoms with van der Waals surface area (Å²) in [4.78, 5) is 23.7. The van der Waals surface area contributed by atoms with Gasteiger partial charge in [0.15, 0.2) is 0 Å². The molecular weight excluding hydrogens is 366 g/mol. The molecule has 146 valence electrons. The van der Waals surface area contributed by atoms with E-state index in [2.05, 4.69) is 11.9 Å². The number of carbonyl (C=O) groups is 2. The molecule has 7 heteroatoms. The Labute approximate surface area is 163 Å². The molecule has 0 aromatic heterocycles. The average Bonchev–Trinajstić information content (AvgIpc) is 2.62. The van der Waals surface area contributed by atoms with Crippen molar-refractivity contribution < 1.29 is 24.5 Å². The normalized spacial score (nSPS) is 14.0. The lowest BCUT2D eigenvalue weighted by Gasteiger charge is -2.13. The summed E-state index contributed by atoms with van der Waals surface area (Å²) in [6, 6.07) is 7.12. The molecule has 1 aromatic rings. The summed E-state index contributed by atoms with van der Waals surface area (Å²) < 4.78 is 4.92. The number of aliphatic carboxylic acids is 1.